The Morgan fingerprint density at radius 3 is 2.20 bits per heavy atom. The molecule has 2 bridgehead atoms. The fraction of sp³-hybridized carbons (Fsp3) is 0.750. The van der Waals surface area contributed by atoms with Crippen molar-refractivity contribution < 1.29 is 62.6 Å². The lowest BCUT2D eigenvalue weighted by atomic mass is 9.78. The number of ketones is 3. The number of ether oxygens (including phenoxy) is 6. The van der Waals surface area contributed by atoms with E-state index in [2.05, 4.69) is 0 Å². The standard InChI is InChI=1S/C52H81NO13/c1-31-17-13-12-14-18-32(2)43(62-9)29-39-22-20-37(7)52(60,66-39)49(57)50(58)53-24-16-15-19-40(53)51(59)65-44(34(4)27-38-21-23-42(61-8)45(28-38)63-10)30-41(54)33(3)26-36(6)47(56)48(64-11)46(55)35(5)25-31/h12-14,17-18,26,31,33-35,37-40,42-45,47-48,56,60H,15-16,19-25,27-30H2,1-11H3/b14-12?,17-13+,32-18?,36-26+. The molecule has 2 saturated heterocycles. The zero-order valence-electron chi connectivity index (χ0n) is 41.6. The van der Waals surface area contributed by atoms with Crippen molar-refractivity contribution in [2.24, 2.45) is 35.5 Å². The highest BCUT2D eigenvalue weighted by molar-refractivity contribution is 6.39. The minimum absolute atomic E-state index is 0.0246. The van der Waals surface area contributed by atoms with Crippen LogP contribution in [0.5, 0.6) is 0 Å². The van der Waals surface area contributed by atoms with Gasteiger partial charge in [0.1, 0.15) is 30.1 Å². The third kappa shape index (κ3) is 14.3. The van der Waals surface area contributed by atoms with Crippen LogP contribution in [0.15, 0.2) is 47.6 Å². The zero-order valence-corrected chi connectivity index (χ0v) is 41.6. The van der Waals surface area contributed by atoms with E-state index in [9.17, 15) is 34.2 Å². The number of aliphatic hydroxyl groups excluding tert-OH is 1. The molecule has 4 rings (SSSR count). The molecular weight excluding hydrogens is 847 g/mol. The average Bonchev–Trinajstić information content (AvgIpc) is 3.30. The van der Waals surface area contributed by atoms with E-state index < -0.39 is 77.8 Å². The molecule has 3 fully saturated rings. The summed E-state index contributed by atoms with van der Waals surface area (Å²) in [6.07, 6.45) is 12.7. The highest BCUT2D eigenvalue weighted by Crippen LogP contribution is 2.38. The second-order valence-electron chi connectivity index (χ2n) is 19.8. The molecule has 3 aliphatic heterocycles. The first kappa shape index (κ1) is 55.2. The van der Waals surface area contributed by atoms with E-state index in [4.69, 9.17) is 28.4 Å². The van der Waals surface area contributed by atoms with Gasteiger partial charge in [-0.2, -0.15) is 0 Å². The van der Waals surface area contributed by atoms with Crippen molar-refractivity contribution in [2.75, 3.05) is 35.0 Å². The third-order valence-corrected chi connectivity index (χ3v) is 14.8. The molecule has 15 atom stereocenters. The Bertz CT molecular complexity index is 1770. The van der Waals surface area contributed by atoms with Crippen molar-refractivity contribution in [1.29, 1.82) is 0 Å². The highest BCUT2D eigenvalue weighted by atomic mass is 16.6. The number of piperidine rings is 1. The predicted molar refractivity (Wildman–Crippen MR) is 250 cm³/mol. The molecule has 0 spiro atoms. The SMILES string of the molecule is COC1CC2CCC(C)C(O)(O2)C(=O)C(=O)N2CCCCC2C(=O)OC(C(C)CC2CCC(OC)C(OC)C2)CC(=O)C(C)/C=C(\C)C(O)C(OC)C(=O)C(C)CC(C)/C=C/C=CC=C1C. The van der Waals surface area contributed by atoms with Crippen LogP contribution < -0.4 is 0 Å². The van der Waals surface area contributed by atoms with E-state index >= 15 is 0 Å². The summed E-state index contributed by atoms with van der Waals surface area (Å²) < 4.78 is 35.3. The average molecular weight is 928 g/mol. The molecule has 4 aliphatic rings. The van der Waals surface area contributed by atoms with Crippen molar-refractivity contribution in [3.8, 4) is 0 Å². The van der Waals surface area contributed by atoms with Gasteiger partial charge in [-0.1, -0.05) is 71.1 Å². The largest absolute Gasteiger partial charge is 0.460 e. The lowest BCUT2D eigenvalue weighted by Gasteiger charge is -2.42. The number of carbonyl (C=O) groups excluding carboxylic acids is 5. The quantitative estimate of drug-likeness (QED) is 0.154. The van der Waals surface area contributed by atoms with Crippen molar-refractivity contribution in [3.63, 3.8) is 0 Å². The van der Waals surface area contributed by atoms with Crippen molar-refractivity contribution in [3.05, 3.63) is 47.6 Å². The van der Waals surface area contributed by atoms with Gasteiger partial charge in [-0.15, -0.1) is 0 Å². The van der Waals surface area contributed by atoms with E-state index in [1.807, 2.05) is 58.1 Å². The summed E-state index contributed by atoms with van der Waals surface area (Å²) in [5.74, 6) is -7.72. The number of fused-ring (bicyclic) bond motifs is 3. The maximum atomic E-state index is 14.4. The number of carbonyl (C=O) groups is 5. The normalized spacial score (nSPS) is 38.7. The second kappa shape index (κ2) is 25.8. The molecule has 0 aromatic rings. The first-order valence-electron chi connectivity index (χ1n) is 24.3. The van der Waals surface area contributed by atoms with Crippen LogP contribution in [0, 0.1) is 35.5 Å². The van der Waals surface area contributed by atoms with Crippen LogP contribution in [0.2, 0.25) is 0 Å². The first-order chi connectivity index (χ1) is 31.3. The molecule has 66 heavy (non-hydrogen) atoms. The summed E-state index contributed by atoms with van der Waals surface area (Å²) in [6, 6.07) is -1.12. The molecule has 1 amide bonds. The van der Waals surface area contributed by atoms with Gasteiger partial charge in [0.15, 0.2) is 5.78 Å². The Morgan fingerprint density at radius 2 is 1.53 bits per heavy atom. The van der Waals surface area contributed by atoms with Crippen LogP contribution in [0.3, 0.4) is 0 Å². The molecule has 15 unspecified atom stereocenters. The van der Waals surface area contributed by atoms with Crippen LogP contribution >= 0.6 is 0 Å². The summed E-state index contributed by atoms with van der Waals surface area (Å²) in [5.41, 5.74) is 1.29. The minimum Gasteiger partial charge on any atom is -0.460 e. The molecule has 2 N–H and O–H groups in total. The topological polar surface area (TPSA) is 184 Å². The fourth-order valence-electron chi connectivity index (χ4n) is 10.4. The van der Waals surface area contributed by atoms with Gasteiger partial charge in [-0.3, -0.25) is 19.2 Å². The van der Waals surface area contributed by atoms with Crippen LogP contribution in [0.1, 0.15) is 126 Å². The zero-order chi connectivity index (χ0) is 48.9. The Hall–Kier alpha value is -3.37. The molecule has 14 nitrogen and oxygen atoms in total. The number of hydrogen-bond acceptors (Lipinski definition) is 13. The summed E-state index contributed by atoms with van der Waals surface area (Å²) >= 11 is 0. The lowest BCUT2D eigenvalue weighted by molar-refractivity contribution is -0.265. The number of rotatable bonds is 7. The summed E-state index contributed by atoms with van der Waals surface area (Å²) in [4.78, 5) is 72.0. The van der Waals surface area contributed by atoms with Gasteiger partial charge in [0.05, 0.1) is 24.4 Å². The maximum Gasteiger partial charge on any atom is 0.329 e. The number of esters is 1. The summed E-state index contributed by atoms with van der Waals surface area (Å²) in [7, 11) is 6.31. The van der Waals surface area contributed by atoms with Gasteiger partial charge in [0.2, 0.25) is 5.79 Å². The van der Waals surface area contributed by atoms with Gasteiger partial charge >= 0.3 is 5.97 Å². The summed E-state index contributed by atoms with van der Waals surface area (Å²) in [6.45, 7) is 12.8. The monoisotopic (exact) mass is 928 g/mol. The van der Waals surface area contributed by atoms with Crippen LogP contribution in [-0.4, -0.2) is 134 Å². The van der Waals surface area contributed by atoms with E-state index in [0.29, 0.717) is 50.5 Å². The molecular formula is C52H81NO13. The number of allylic oxidation sites excluding steroid dienone is 6. The van der Waals surface area contributed by atoms with Crippen molar-refractivity contribution >= 4 is 29.2 Å². The van der Waals surface area contributed by atoms with Gasteiger partial charge in [0.25, 0.3) is 11.7 Å². The number of aliphatic hydroxyl groups is 2. The third-order valence-electron chi connectivity index (χ3n) is 14.8. The predicted octanol–water partition coefficient (Wildman–Crippen LogP) is 6.83. The maximum absolute atomic E-state index is 14.4. The number of cyclic esters (lactones) is 1. The number of nitrogens with zero attached hydrogens (tertiary/aromatic N) is 1. The summed E-state index contributed by atoms with van der Waals surface area (Å²) in [5, 5.41) is 23.4. The van der Waals surface area contributed by atoms with Crippen molar-refractivity contribution in [2.45, 2.75) is 180 Å². The molecule has 0 aromatic carbocycles. The Morgan fingerprint density at radius 1 is 0.818 bits per heavy atom. The number of hydrogen-bond donors (Lipinski definition) is 2. The van der Waals surface area contributed by atoms with Crippen LogP contribution in [0.25, 0.3) is 0 Å². The smallest absolute Gasteiger partial charge is 0.329 e. The number of methoxy groups -OCH3 is 4. The Kier molecular flexibility index (Phi) is 21.6. The van der Waals surface area contributed by atoms with Crippen LogP contribution in [0.4, 0.5) is 0 Å². The van der Waals surface area contributed by atoms with Gasteiger partial charge in [-0.05, 0) is 107 Å². The Labute approximate surface area is 393 Å². The van der Waals surface area contributed by atoms with E-state index in [-0.39, 0.29) is 60.9 Å². The molecule has 0 aromatic heterocycles. The van der Waals surface area contributed by atoms with Gasteiger partial charge in [0, 0.05) is 65.6 Å². The molecule has 1 saturated carbocycles. The lowest BCUT2D eigenvalue weighted by Crippen LogP contribution is -2.61. The van der Waals surface area contributed by atoms with Crippen LogP contribution in [-0.2, 0) is 52.4 Å². The molecule has 372 valence electrons. The van der Waals surface area contributed by atoms with Gasteiger partial charge in [-0.25, -0.2) is 4.79 Å². The molecule has 14 heteroatoms. The molecule has 0 radical (unpaired) electrons. The van der Waals surface area contributed by atoms with E-state index in [1.54, 1.807) is 48.2 Å². The van der Waals surface area contributed by atoms with E-state index in [1.165, 1.54) is 12.0 Å². The number of Topliss-reactive ketones (excluding diaryl/α,β-unsaturated/α-hetero) is 3. The van der Waals surface area contributed by atoms with Crippen molar-refractivity contribution in [1.82, 2.24) is 4.90 Å². The Balaban J connectivity index is 1.70. The highest BCUT2D eigenvalue weighted by Gasteiger charge is 2.53. The second-order valence-corrected chi connectivity index (χ2v) is 19.8. The number of amides is 1. The van der Waals surface area contributed by atoms with Gasteiger partial charge < -0.3 is 43.5 Å². The fourth-order valence-corrected chi connectivity index (χ4v) is 10.4. The minimum atomic E-state index is -2.42. The first-order valence-corrected chi connectivity index (χ1v) is 24.3. The molecule has 1 aliphatic carbocycles. The molecule has 3 heterocycles. The van der Waals surface area contributed by atoms with E-state index in [0.717, 1.165) is 24.8 Å².